The smallest absolute Gasteiger partial charge is 0.262 e. The van der Waals surface area contributed by atoms with Gasteiger partial charge in [-0.3, -0.25) is 14.2 Å². The van der Waals surface area contributed by atoms with Gasteiger partial charge in [-0.25, -0.2) is 0 Å². The van der Waals surface area contributed by atoms with Crippen LogP contribution in [0.2, 0.25) is 0 Å². The lowest BCUT2D eigenvalue weighted by atomic mass is 9.91. The molecule has 0 bridgehead atoms. The summed E-state index contributed by atoms with van der Waals surface area (Å²) < 4.78 is 1.43. The maximum absolute atomic E-state index is 14.0. The van der Waals surface area contributed by atoms with E-state index in [0.29, 0.717) is 10.8 Å². The van der Waals surface area contributed by atoms with Crippen LogP contribution < -0.4 is 11.1 Å². The van der Waals surface area contributed by atoms with Crippen molar-refractivity contribution >= 4 is 64.6 Å². The Morgan fingerprint density at radius 3 is 1.47 bits per heavy atom. The average Bonchev–Trinajstić information content (AvgIpc) is 3.71. The molecule has 0 spiro atoms. The first-order chi connectivity index (χ1) is 18.5. The number of H-pyrrole nitrogens is 2. The van der Waals surface area contributed by atoms with Crippen molar-refractivity contribution in [1.82, 2.24) is 14.5 Å². The lowest BCUT2D eigenvalue weighted by molar-refractivity contribution is 0.574. The standard InChI is InChI=1S/C33H21N3O2/c1-15(2)36-32(37)30-21-13-19(23-5-3-11-34-23)17-9-7-16-8-10-18-20(24-6-4-12-35-24)14-22(31(30)33(36)38)29-27(18)25(16)26(17)28(21)29/h3-15,34-35H,1-2H3. The van der Waals surface area contributed by atoms with E-state index in [0.717, 1.165) is 60.2 Å². The van der Waals surface area contributed by atoms with Crippen LogP contribution in [-0.4, -0.2) is 14.5 Å². The summed E-state index contributed by atoms with van der Waals surface area (Å²) in [7, 11) is 0. The molecule has 0 aliphatic rings. The van der Waals surface area contributed by atoms with Gasteiger partial charge in [0, 0.05) is 41.0 Å². The Bertz CT molecular complexity index is 2280. The molecule has 2 N–H and O–H groups in total. The maximum atomic E-state index is 14.0. The fourth-order valence-corrected chi connectivity index (χ4v) is 7.12. The number of fused-ring (bicyclic) bond motifs is 3. The molecule has 5 heteroatoms. The highest BCUT2D eigenvalue weighted by Crippen LogP contribution is 2.53. The summed E-state index contributed by atoms with van der Waals surface area (Å²) in [5, 5.41) is 12.0. The maximum Gasteiger partial charge on any atom is 0.262 e. The lowest BCUT2D eigenvalue weighted by Crippen LogP contribution is -2.27. The van der Waals surface area contributed by atoms with Crippen LogP contribution in [0.4, 0.5) is 0 Å². The molecule has 9 rings (SSSR count). The summed E-state index contributed by atoms with van der Waals surface area (Å²) in [5.41, 5.74) is 3.66. The van der Waals surface area contributed by atoms with E-state index >= 15 is 0 Å². The third kappa shape index (κ3) is 2.13. The Kier molecular flexibility index (Phi) is 3.45. The largest absolute Gasteiger partial charge is 0.361 e. The molecule has 5 nitrogen and oxygen atoms in total. The summed E-state index contributed by atoms with van der Waals surface area (Å²) in [6, 6.07) is 20.9. The van der Waals surface area contributed by atoms with Crippen LogP contribution in [0.25, 0.3) is 87.1 Å². The van der Waals surface area contributed by atoms with Gasteiger partial charge in [0.15, 0.2) is 0 Å². The molecule has 3 heterocycles. The number of hydrogen-bond donors (Lipinski definition) is 2. The first-order valence-corrected chi connectivity index (χ1v) is 13.0. The van der Waals surface area contributed by atoms with Crippen LogP contribution in [-0.2, 0) is 0 Å². The van der Waals surface area contributed by atoms with Gasteiger partial charge in [-0.1, -0.05) is 24.3 Å². The Morgan fingerprint density at radius 1 is 0.579 bits per heavy atom. The zero-order chi connectivity index (χ0) is 25.4. The highest BCUT2D eigenvalue weighted by molar-refractivity contribution is 6.49. The fraction of sp³-hybridized carbons (Fsp3) is 0.0909. The normalized spacial score (nSPS) is 12.9. The van der Waals surface area contributed by atoms with Crippen molar-refractivity contribution in [2.75, 3.05) is 0 Å². The van der Waals surface area contributed by atoms with E-state index in [-0.39, 0.29) is 17.2 Å². The zero-order valence-corrected chi connectivity index (χ0v) is 20.8. The van der Waals surface area contributed by atoms with Gasteiger partial charge in [-0.2, -0.15) is 0 Å². The molecule has 180 valence electrons. The molecule has 38 heavy (non-hydrogen) atoms. The predicted octanol–water partition coefficient (Wildman–Crippen LogP) is 7.45. The molecule has 0 atom stereocenters. The molecular weight excluding hydrogens is 470 g/mol. The average molecular weight is 492 g/mol. The Hall–Kier alpha value is -4.90. The third-order valence-corrected chi connectivity index (χ3v) is 8.58. The molecule has 0 amide bonds. The fourth-order valence-electron chi connectivity index (χ4n) is 7.12. The summed E-state index contributed by atoms with van der Waals surface area (Å²) >= 11 is 0. The van der Waals surface area contributed by atoms with Gasteiger partial charge < -0.3 is 9.97 Å². The van der Waals surface area contributed by atoms with E-state index in [9.17, 15) is 9.59 Å². The third-order valence-electron chi connectivity index (χ3n) is 8.58. The number of nitrogens with zero attached hydrogens (tertiary/aromatic N) is 1. The van der Waals surface area contributed by atoms with Crippen molar-refractivity contribution in [1.29, 1.82) is 0 Å². The number of aromatic nitrogens is 3. The minimum Gasteiger partial charge on any atom is -0.361 e. The molecule has 3 aromatic heterocycles. The molecular formula is C33H21N3O2. The zero-order valence-electron chi connectivity index (χ0n) is 20.8. The number of rotatable bonds is 3. The molecule has 0 aliphatic heterocycles. The van der Waals surface area contributed by atoms with Gasteiger partial charge in [-0.05, 0) is 104 Å². The SMILES string of the molecule is CC(C)n1c(=O)c2c3cc(-c4ccc[nH]4)c4ccc5ccc6c(-c7ccc[nH]7)cc(c2c1=O)c1c6c5c4c31. The first kappa shape index (κ1) is 20.2. The van der Waals surface area contributed by atoms with Crippen LogP contribution in [0.3, 0.4) is 0 Å². The van der Waals surface area contributed by atoms with E-state index in [2.05, 4.69) is 58.5 Å². The predicted molar refractivity (Wildman–Crippen MR) is 157 cm³/mol. The van der Waals surface area contributed by atoms with Crippen molar-refractivity contribution in [3.05, 3.63) is 93.8 Å². The van der Waals surface area contributed by atoms with Crippen molar-refractivity contribution in [3.63, 3.8) is 0 Å². The van der Waals surface area contributed by atoms with Gasteiger partial charge >= 0.3 is 0 Å². The Morgan fingerprint density at radius 2 is 1.05 bits per heavy atom. The van der Waals surface area contributed by atoms with Crippen LogP contribution in [0.1, 0.15) is 19.9 Å². The molecule has 0 saturated carbocycles. The van der Waals surface area contributed by atoms with Crippen molar-refractivity contribution in [2.24, 2.45) is 0 Å². The number of benzene rings is 5. The second-order valence-corrected chi connectivity index (χ2v) is 10.8. The second kappa shape index (κ2) is 6.50. The van der Waals surface area contributed by atoms with Gasteiger partial charge in [0.1, 0.15) is 0 Å². The summed E-state index contributed by atoms with van der Waals surface area (Å²) in [6.07, 6.45) is 3.84. The number of aromatic amines is 2. The minimum atomic E-state index is -0.232. The van der Waals surface area contributed by atoms with Gasteiger partial charge in [-0.15, -0.1) is 0 Å². The van der Waals surface area contributed by atoms with Gasteiger partial charge in [0.05, 0.1) is 10.8 Å². The van der Waals surface area contributed by atoms with Crippen LogP contribution >= 0.6 is 0 Å². The quantitative estimate of drug-likeness (QED) is 0.252. The molecule has 0 radical (unpaired) electrons. The van der Waals surface area contributed by atoms with E-state index in [1.54, 1.807) is 0 Å². The molecule has 0 unspecified atom stereocenters. The van der Waals surface area contributed by atoms with E-state index in [1.165, 1.54) is 20.7 Å². The summed E-state index contributed by atoms with van der Waals surface area (Å²) in [6.45, 7) is 3.80. The van der Waals surface area contributed by atoms with Gasteiger partial charge in [0.2, 0.25) is 0 Å². The Balaban J connectivity index is 1.70. The van der Waals surface area contributed by atoms with Gasteiger partial charge in [0.25, 0.3) is 11.1 Å². The summed E-state index contributed by atoms with van der Waals surface area (Å²) in [5.74, 6) is 0. The number of hydrogen-bond acceptors (Lipinski definition) is 2. The van der Waals surface area contributed by atoms with E-state index < -0.39 is 0 Å². The molecule has 0 saturated heterocycles. The van der Waals surface area contributed by atoms with E-state index in [4.69, 9.17) is 0 Å². The topological polar surface area (TPSA) is 70.7 Å². The monoisotopic (exact) mass is 491 g/mol. The highest BCUT2D eigenvalue weighted by Gasteiger charge is 2.29. The van der Waals surface area contributed by atoms with Crippen molar-refractivity contribution in [2.45, 2.75) is 19.9 Å². The Labute approximate surface area is 215 Å². The van der Waals surface area contributed by atoms with Crippen LogP contribution in [0, 0.1) is 0 Å². The van der Waals surface area contributed by atoms with Crippen LogP contribution in [0.5, 0.6) is 0 Å². The van der Waals surface area contributed by atoms with E-state index in [1.807, 2.05) is 38.4 Å². The second-order valence-electron chi connectivity index (χ2n) is 10.8. The number of nitrogens with one attached hydrogen (secondary N) is 2. The first-order valence-electron chi connectivity index (χ1n) is 13.0. The molecule has 9 aromatic rings. The van der Waals surface area contributed by atoms with Crippen LogP contribution in [0.15, 0.2) is 82.6 Å². The summed E-state index contributed by atoms with van der Waals surface area (Å²) in [4.78, 5) is 34.7. The molecule has 6 aromatic carbocycles. The molecule has 0 fully saturated rings. The lowest BCUT2D eigenvalue weighted by Gasteiger charge is -2.11. The highest BCUT2D eigenvalue weighted by atomic mass is 16.2. The minimum absolute atomic E-state index is 0.205. The van der Waals surface area contributed by atoms with Crippen molar-refractivity contribution < 1.29 is 0 Å². The van der Waals surface area contributed by atoms with Crippen molar-refractivity contribution in [3.8, 4) is 22.5 Å². The molecule has 0 aliphatic carbocycles.